The summed E-state index contributed by atoms with van der Waals surface area (Å²) in [6, 6.07) is 0.500. The van der Waals surface area contributed by atoms with Gasteiger partial charge in [0.05, 0.1) is 6.10 Å². The summed E-state index contributed by atoms with van der Waals surface area (Å²) >= 11 is 3.46. The van der Waals surface area contributed by atoms with E-state index in [2.05, 4.69) is 20.8 Å². The summed E-state index contributed by atoms with van der Waals surface area (Å²) < 4.78 is 5.59. The van der Waals surface area contributed by atoms with Crippen molar-refractivity contribution in [3.8, 4) is 0 Å². The molecule has 4 heteroatoms. The second-order valence-electron chi connectivity index (χ2n) is 5.39. The fourth-order valence-corrected chi connectivity index (χ4v) is 3.50. The van der Waals surface area contributed by atoms with Gasteiger partial charge in [0.15, 0.2) is 0 Å². The first-order valence-electron chi connectivity index (χ1n) is 7.28. The number of ether oxygens (including phenoxy) is 1. The number of halogens is 1. The van der Waals surface area contributed by atoms with Crippen LogP contribution < -0.4 is 0 Å². The zero-order valence-corrected chi connectivity index (χ0v) is 12.7. The predicted molar refractivity (Wildman–Crippen MR) is 76.0 cm³/mol. The molecule has 2 rings (SSSR count). The largest absolute Gasteiger partial charge is 0.378 e. The van der Waals surface area contributed by atoms with Crippen LogP contribution in [0, 0.1) is 0 Å². The lowest BCUT2D eigenvalue weighted by molar-refractivity contribution is -0.133. The van der Waals surface area contributed by atoms with E-state index in [9.17, 15) is 4.79 Å². The molecule has 0 spiro atoms. The van der Waals surface area contributed by atoms with Crippen molar-refractivity contribution in [2.24, 2.45) is 0 Å². The van der Waals surface area contributed by atoms with Crippen LogP contribution in [0.2, 0.25) is 0 Å². The van der Waals surface area contributed by atoms with Crippen molar-refractivity contribution < 1.29 is 9.53 Å². The molecule has 3 nitrogen and oxygen atoms in total. The topological polar surface area (TPSA) is 29.5 Å². The third-order valence-electron chi connectivity index (χ3n) is 4.12. The van der Waals surface area contributed by atoms with Crippen molar-refractivity contribution >= 4 is 21.8 Å². The molecule has 0 N–H and O–H groups in total. The first-order valence-corrected chi connectivity index (χ1v) is 8.40. The number of amides is 1. The molecule has 1 saturated heterocycles. The first kappa shape index (κ1) is 14.3. The van der Waals surface area contributed by atoms with Crippen LogP contribution in [0.25, 0.3) is 0 Å². The van der Waals surface area contributed by atoms with Gasteiger partial charge in [0, 0.05) is 30.9 Å². The van der Waals surface area contributed by atoms with Crippen molar-refractivity contribution in [2.45, 2.75) is 63.5 Å². The standard InChI is InChI=1S/C14H24BrNO2/c15-9-10-16(12-4-1-2-5-12)14(17)8-7-13-6-3-11-18-13/h12-13H,1-11H2. The fraction of sp³-hybridized carbons (Fsp3) is 0.929. The molecule has 0 aromatic heterocycles. The van der Waals surface area contributed by atoms with Gasteiger partial charge in [-0.15, -0.1) is 0 Å². The maximum atomic E-state index is 12.3. The maximum Gasteiger partial charge on any atom is 0.222 e. The Morgan fingerprint density at radius 1 is 1.22 bits per heavy atom. The van der Waals surface area contributed by atoms with Crippen molar-refractivity contribution in [1.82, 2.24) is 4.90 Å². The molecule has 1 amide bonds. The summed E-state index contributed by atoms with van der Waals surface area (Å²) in [5.41, 5.74) is 0. The van der Waals surface area contributed by atoms with E-state index in [0.717, 1.165) is 37.7 Å². The summed E-state index contributed by atoms with van der Waals surface area (Å²) in [6.45, 7) is 1.74. The molecule has 2 aliphatic rings. The Hall–Kier alpha value is -0.0900. The van der Waals surface area contributed by atoms with Gasteiger partial charge in [-0.05, 0) is 32.1 Å². The van der Waals surface area contributed by atoms with E-state index in [1.807, 2.05) is 0 Å². The summed E-state index contributed by atoms with van der Waals surface area (Å²) in [4.78, 5) is 14.4. The highest BCUT2D eigenvalue weighted by Gasteiger charge is 2.26. The van der Waals surface area contributed by atoms with Gasteiger partial charge in [-0.1, -0.05) is 28.8 Å². The zero-order valence-electron chi connectivity index (χ0n) is 11.1. The molecule has 1 atom stereocenters. The second-order valence-corrected chi connectivity index (χ2v) is 6.18. The Morgan fingerprint density at radius 3 is 2.61 bits per heavy atom. The van der Waals surface area contributed by atoms with E-state index in [4.69, 9.17) is 4.74 Å². The van der Waals surface area contributed by atoms with Crippen LogP contribution in [0.1, 0.15) is 51.4 Å². The molecular weight excluding hydrogens is 294 g/mol. The van der Waals surface area contributed by atoms with Gasteiger partial charge in [-0.2, -0.15) is 0 Å². The van der Waals surface area contributed by atoms with Crippen LogP contribution >= 0.6 is 15.9 Å². The summed E-state index contributed by atoms with van der Waals surface area (Å²) in [5.74, 6) is 0.330. The molecule has 18 heavy (non-hydrogen) atoms. The second kappa shape index (κ2) is 7.49. The summed E-state index contributed by atoms with van der Waals surface area (Å²) in [6.07, 6.45) is 9.14. The quantitative estimate of drug-likeness (QED) is 0.704. The number of rotatable bonds is 6. The lowest BCUT2D eigenvalue weighted by Gasteiger charge is -2.28. The molecule has 0 radical (unpaired) electrons. The molecule has 1 saturated carbocycles. The maximum absolute atomic E-state index is 12.3. The van der Waals surface area contributed by atoms with Crippen LogP contribution in [0.4, 0.5) is 0 Å². The Kier molecular flexibility index (Phi) is 5.96. The highest BCUT2D eigenvalue weighted by Crippen LogP contribution is 2.25. The van der Waals surface area contributed by atoms with Crippen molar-refractivity contribution in [2.75, 3.05) is 18.5 Å². The van der Waals surface area contributed by atoms with Gasteiger partial charge >= 0.3 is 0 Å². The van der Waals surface area contributed by atoms with E-state index >= 15 is 0 Å². The lowest BCUT2D eigenvalue weighted by Crippen LogP contribution is -2.40. The highest BCUT2D eigenvalue weighted by atomic mass is 79.9. The predicted octanol–water partition coefficient (Wildman–Crippen LogP) is 3.11. The van der Waals surface area contributed by atoms with Crippen molar-refractivity contribution in [1.29, 1.82) is 0 Å². The number of alkyl halides is 1. The molecule has 1 aliphatic heterocycles. The Morgan fingerprint density at radius 2 is 2.00 bits per heavy atom. The SMILES string of the molecule is O=C(CCC1CCCO1)N(CCBr)C1CCCC1. The van der Waals surface area contributed by atoms with Gasteiger partial charge in [0.1, 0.15) is 0 Å². The number of hydrogen-bond acceptors (Lipinski definition) is 2. The van der Waals surface area contributed by atoms with E-state index < -0.39 is 0 Å². The molecule has 1 aliphatic carbocycles. The van der Waals surface area contributed by atoms with Crippen LogP contribution in [0.3, 0.4) is 0 Å². The Bertz CT molecular complexity index is 261. The average molecular weight is 318 g/mol. The summed E-state index contributed by atoms with van der Waals surface area (Å²) in [7, 11) is 0. The monoisotopic (exact) mass is 317 g/mol. The molecule has 2 fully saturated rings. The number of nitrogens with zero attached hydrogens (tertiary/aromatic N) is 1. The minimum Gasteiger partial charge on any atom is -0.378 e. The number of carbonyl (C=O) groups excluding carboxylic acids is 1. The normalized spacial score (nSPS) is 24.6. The smallest absolute Gasteiger partial charge is 0.222 e. The van der Waals surface area contributed by atoms with E-state index in [1.54, 1.807) is 0 Å². The average Bonchev–Trinajstić information content (AvgIpc) is 3.05. The number of carbonyl (C=O) groups is 1. The lowest BCUT2D eigenvalue weighted by atomic mass is 10.1. The van der Waals surface area contributed by atoms with Gasteiger partial charge in [0.25, 0.3) is 0 Å². The molecule has 104 valence electrons. The number of hydrogen-bond donors (Lipinski definition) is 0. The van der Waals surface area contributed by atoms with Gasteiger partial charge < -0.3 is 9.64 Å². The molecular formula is C14H24BrNO2. The minimum atomic E-state index is 0.330. The van der Waals surface area contributed by atoms with Crippen molar-refractivity contribution in [3.63, 3.8) is 0 Å². The molecule has 0 aromatic carbocycles. The van der Waals surface area contributed by atoms with Gasteiger partial charge in [-0.3, -0.25) is 4.79 Å². The third kappa shape index (κ3) is 3.95. The van der Waals surface area contributed by atoms with Crippen LogP contribution in [0.15, 0.2) is 0 Å². The van der Waals surface area contributed by atoms with Crippen molar-refractivity contribution in [3.05, 3.63) is 0 Å². The van der Waals surface area contributed by atoms with E-state index in [1.165, 1.54) is 25.7 Å². The highest BCUT2D eigenvalue weighted by molar-refractivity contribution is 9.09. The Labute approximate surface area is 118 Å². The molecule has 1 unspecified atom stereocenters. The third-order valence-corrected chi connectivity index (χ3v) is 4.47. The first-order chi connectivity index (χ1) is 8.81. The van der Waals surface area contributed by atoms with Crippen LogP contribution in [0.5, 0.6) is 0 Å². The molecule has 0 bridgehead atoms. The Balaban J connectivity index is 1.78. The molecule has 0 aromatic rings. The van der Waals surface area contributed by atoms with Crippen LogP contribution in [-0.4, -0.2) is 41.4 Å². The van der Waals surface area contributed by atoms with Gasteiger partial charge in [-0.25, -0.2) is 0 Å². The van der Waals surface area contributed by atoms with E-state index in [0.29, 0.717) is 24.5 Å². The van der Waals surface area contributed by atoms with Crippen LogP contribution in [-0.2, 0) is 9.53 Å². The summed E-state index contributed by atoms with van der Waals surface area (Å²) in [5, 5.41) is 0.884. The molecule has 1 heterocycles. The van der Waals surface area contributed by atoms with E-state index in [-0.39, 0.29) is 0 Å². The fourth-order valence-electron chi connectivity index (χ4n) is 3.12. The zero-order chi connectivity index (χ0) is 12.8. The minimum absolute atomic E-state index is 0.330. The van der Waals surface area contributed by atoms with Gasteiger partial charge in [0.2, 0.25) is 5.91 Å².